The van der Waals surface area contributed by atoms with Crippen molar-refractivity contribution >= 4 is 34.8 Å². The Bertz CT molecular complexity index is 687. The molecule has 0 aliphatic heterocycles. The fourth-order valence-corrected chi connectivity index (χ4v) is 1.97. The Hall–Kier alpha value is -2.66. The van der Waals surface area contributed by atoms with Crippen molar-refractivity contribution in [1.29, 1.82) is 0 Å². The summed E-state index contributed by atoms with van der Waals surface area (Å²) < 4.78 is 0. The molecule has 0 bridgehead atoms. The zero-order chi connectivity index (χ0) is 16.5. The van der Waals surface area contributed by atoms with Gasteiger partial charge in [0.2, 0.25) is 5.91 Å². The molecule has 0 heterocycles. The molecule has 0 saturated heterocycles. The van der Waals surface area contributed by atoms with Crippen LogP contribution < -0.4 is 10.7 Å². The maximum absolute atomic E-state index is 11.9. The van der Waals surface area contributed by atoms with Gasteiger partial charge in [-0.05, 0) is 24.3 Å². The Kier molecular flexibility index (Phi) is 6.32. The van der Waals surface area contributed by atoms with E-state index < -0.39 is 0 Å². The predicted molar refractivity (Wildman–Crippen MR) is 91.8 cm³/mol. The monoisotopic (exact) mass is 329 g/mol. The molecule has 0 radical (unpaired) electrons. The molecule has 118 valence electrons. The van der Waals surface area contributed by atoms with Gasteiger partial charge in [-0.25, -0.2) is 5.43 Å². The van der Waals surface area contributed by atoms with Crippen LogP contribution in [0, 0.1) is 0 Å². The van der Waals surface area contributed by atoms with Gasteiger partial charge in [-0.2, -0.15) is 5.10 Å². The summed E-state index contributed by atoms with van der Waals surface area (Å²) in [6, 6.07) is 17.8. The van der Waals surface area contributed by atoms with Crippen LogP contribution in [-0.2, 0) is 4.79 Å². The van der Waals surface area contributed by atoms with Crippen LogP contribution in [0.1, 0.15) is 16.8 Å². The first kappa shape index (κ1) is 16.7. The first-order chi connectivity index (χ1) is 11.2. The number of hydrazone groups is 1. The number of amides is 2. The molecule has 0 spiro atoms. The topological polar surface area (TPSA) is 70.6 Å². The van der Waals surface area contributed by atoms with E-state index in [1.165, 1.54) is 0 Å². The van der Waals surface area contributed by atoms with Crippen molar-refractivity contribution in [3.05, 3.63) is 66.2 Å². The Labute approximate surface area is 139 Å². The highest BCUT2D eigenvalue weighted by atomic mass is 35.5. The van der Waals surface area contributed by atoms with Gasteiger partial charge < -0.3 is 5.32 Å². The van der Waals surface area contributed by atoms with Crippen LogP contribution in [-0.4, -0.2) is 23.4 Å². The van der Waals surface area contributed by atoms with Crippen molar-refractivity contribution in [3.8, 4) is 0 Å². The van der Waals surface area contributed by atoms with Gasteiger partial charge in [-0.3, -0.25) is 9.59 Å². The van der Waals surface area contributed by atoms with Crippen molar-refractivity contribution in [3.63, 3.8) is 0 Å². The highest BCUT2D eigenvalue weighted by Gasteiger charge is 2.09. The summed E-state index contributed by atoms with van der Waals surface area (Å²) in [4.78, 5) is 23.8. The van der Waals surface area contributed by atoms with Gasteiger partial charge in [0.15, 0.2) is 0 Å². The molecule has 0 saturated carbocycles. The molecular weight excluding hydrogens is 314 g/mol. The van der Waals surface area contributed by atoms with Gasteiger partial charge in [0, 0.05) is 11.3 Å². The summed E-state index contributed by atoms with van der Waals surface area (Å²) in [5.74, 6) is -0.543. The molecule has 6 heteroatoms. The molecule has 0 aliphatic rings. The summed E-state index contributed by atoms with van der Waals surface area (Å²) in [5.41, 5.74) is 3.96. The minimum atomic E-state index is -0.350. The standard InChI is InChI=1S/C17H16ClN3O2/c18-12-15(11-16(22)19-14-9-5-2-6-10-14)20-21-17(23)13-7-3-1-4-8-13/h1-10H,11-12H2,(H,19,22)(H,21,23)/b20-15+. The van der Waals surface area contributed by atoms with Crippen molar-refractivity contribution in [2.24, 2.45) is 5.10 Å². The van der Waals surface area contributed by atoms with E-state index in [1.54, 1.807) is 36.4 Å². The molecule has 0 fully saturated rings. The van der Waals surface area contributed by atoms with E-state index >= 15 is 0 Å². The fourth-order valence-electron chi connectivity index (χ4n) is 1.81. The van der Waals surface area contributed by atoms with E-state index in [0.717, 1.165) is 0 Å². The van der Waals surface area contributed by atoms with Crippen LogP contribution in [0.15, 0.2) is 65.8 Å². The number of hydrogen-bond donors (Lipinski definition) is 2. The second-order valence-corrected chi connectivity index (χ2v) is 4.98. The van der Waals surface area contributed by atoms with Crippen LogP contribution in [0.25, 0.3) is 0 Å². The SMILES string of the molecule is O=C(C/C(CCl)=N\NC(=O)c1ccccc1)Nc1ccccc1. The smallest absolute Gasteiger partial charge is 0.271 e. The number of halogens is 1. The molecule has 2 rings (SSSR count). The number of carbonyl (C=O) groups is 2. The average Bonchev–Trinajstić information content (AvgIpc) is 2.60. The van der Waals surface area contributed by atoms with Crippen molar-refractivity contribution in [2.75, 3.05) is 11.2 Å². The van der Waals surface area contributed by atoms with Crippen LogP contribution in [0.5, 0.6) is 0 Å². The number of para-hydroxylation sites is 1. The lowest BCUT2D eigenvalue weighted by atomic mass is 10.2. The van der Waals surface area contributed by atoms with Crippen LogP contribution in [0.3, 0.4) is 0 Å². The lowest BCUT2D eigenvalue weighted by Gasteiger charge is -2.06. The number of anilines is 1. The molecule has 0 aromatic heterocycles. The van der Waals surface area contributed by atoms with Gasteiger partial charge in [0.05, 0.1) is 18.0 Å². The molecule has 5 nitrogen and oxygen atoms in total. The normalized spacial score (nSPS) is 10.9. The second kappa shape index (κ2) is 8.70. The first-order valence-electron chi connectivity index (χ1n) is 7.00. The predicted octanol–water partition coefficient (Wildman–Crippen LogP) is 3.04. The van der Waals surface area contributed by atoms with Gasteiger partial charge >= 0.3 is 0 Å². The fraction of sp³-hybridized carbons (Fsp3) is 0.118. The summed E-state index contributed by atoms with van der Waals surface area (Å²) in [7, 11) is 0. The van der Waals surface area contributed by atoms with Crippen molar-refractivity contribution in [2.45, 2.75) is 6.42 Å². The summed E-state index contributed by atoms with van der Waals surface area (Å²) in [6.07, 6.45) is 0.00740. The minimum Gasteiger partial charge on any atom is -0.326 e. The van der Waals surface area contributed by atoms with Gasteiger partial charge in [-0.1, -0.05) is 36.4 Å². The number of benzene rings is 2. The number of alkyl halides is 1. The molecular formula is C17H16ClN3O2. The van der Waals surface area contributed by atoms with E-state index in [1.807, 2.05) is 24.3 Å². The first-order valence-corrected chi connectivity index (χ1v) is 7.54. The Balaban J connectivity index is 1.91. The Morgan fingerprint density at radius 1 is 0.957 bits per heavy atom. The minimum absolute atomic E-state index is 0.00740. The summed E-state index contributed by atoms with van der Waals surface area (Å²) in [5, 5.41) is 6.66. The largest absolute Gasteiger partial charge is 0.326 e. The molecule has 2 N–H and O–H groups in total. The average molecular weight is 330 g/mol. The third-order valence-corrected chi connectivity index (χ3v) is 3.24. The van der Waals surface area contributed by atoms with Gasteiger partial charge in [-0.15, -0.1) is 11.6 Å². The number of rotatable bonds is 6. The molecule has 0 unspecified atom stereocenters. The highest BCUT2D eigenvalue weighted by molar-refractivity contribution is 6.30. The van der Waals surface area contributed by atoms with Crippen LogP contribution in [0.4, 0.5) is 5.69 Å². The lowest BCUT2D eigenvalue weighted by Crippen LogP contribution is -2.23. The molecule has 0 atom stereocenters. The molecule has 23 heavy (non-hydrogen) atoms. The number of carbonyl (C=O) groups excluding carboxylic acids is 2. The zero-order valence-electron chi connectivity index (χ0n) is 12.3. The van der Waals surface area contributed by atoms with Crippen LogP contribution in [0.2, 0.25) is 0 Å². The van der Waals surface area contributed by atoms with E-state index in [-0.39, 0.29) is 24.1 Å². The van der Waals surface area contributed by atoms with Gasteiger partial charge in [0.25, 0.3) is 5.91 Å². The molecule has 0 aliphatic carbocycles. The molecule has 2 aromatic carbocycles. The second-order valence-electron chi connectivity index (χ2n) is 4.71. The Morgan fingerprint density at radius 3 is 2.17 bits per heavy atom. The third-order valence-electron chi connectivity index (χ3n) is 2.93. The maximum atomic E-state index is 11.9. The quantitative estimate of drug-likeness (QED) is 0.486. The molecule has 2 amide bonds. The number of nitrogens with zero attached hydrogens (tertiary/aromatic N) is 1. The molecule has 2 aromatic rings. The zero-order valence-corrected chi connectivity index (χ0v) is 13.1. The highest BCUT2D eigenvalue weighted by Crippen LogP contribution is 2.06. The lowest BCUT2D eigenvalue weighted by molar-refractivity contribution is -0.115. The van der Waals surface area contributed by atoms with Crippen molar-refractivity contribution in [1.82, 2.24) is 5.43 Å². The van der Waals surface area contributed by atoms with E-state index in [2.05, 4.69) is 15.8 Å². The maximum Gasteiger partial charge on any atom is 0.271 e. The summed E-state index contributed by atoms with van der Waals surface area (Å²) >= 11 is 5.78. The third kappa shape index (κ3) is 5.56. The number of hydrogen-bond acceptors (Lipinski definition) is 3. The van der Waals surface area contributed by atoms with Crippen molar-refractivity contribution < 1.29 is 9.59 Å². The number of nitrogens with one attached hydrogen (secondary N) is 2. The van der Waals surface area contributed by atoms with E-state index in [0.29, 0.717) is 17.0 Å². The summed E-state index contributed by atoms with van der Waals surface area (Å²) in [6.45, 7) is 0. The van der Waals surface area contributed by atoms with E-state index in [9.17, 15) is 9.59 Å². The Morgan fingerprint density at radius 2 is 1.57 bits per heavy atom. The van der Waals surface area contributed by atoms with Crippen LogP contribution >= 0.6 is 11.6 Å². The van der Waals surface area contributed by atoms with E-state index in [4.69, 9.17) is 11.6 Å². The van der Waals surface area contributed by atoms with Gasteiger partial charge in [0.1, 0.15) is 0 Å².